The molecule has 1 heterocycles. The van der Waals surface area contributed by atoms with Gasteiger partial charge < -0.3 is 14.6 Å². The van der Waals surface area contributed by atoms with E-state index in [-0.39, 0.29) is 11.8 Å². The molecule has 0 unspecified atom stereocenters. The number of ketones is 1. The minimum Gasteiger partial charge on any atom is -0.361 e. The Balaban J connectivity index is 2.88. The minimum atomic E-state index is -0.0596. The summed E-state index contributed by atoms with van der Waals surface area (Å²) in [5, 5.41) is 3.20. The van der Waals surface area contributed by atoms with Gasteiger partial charge in [-0.15, -0.1) is 0 Å². The van der Waals surface area contributed by atoms with E-state index in [1.165, 1.54) is 0 Å². The van der Waals surface area contributed by atoms with Crippen LogP contribution in [0.3, 0.4) is 0 Å². The van der Waals surface area contributed by atoms with Crippen LogP contribution < -0.4 is 5.32 Å². The van der Waals surface area contributed by atoms with Crippen molar-refractivity contribution < 1.29 is 9.53 Å². The zero-order valence-corrected chi connectivity index (χ0v) is 13.0. The molecule has 0 aliphatic heterocycles. The number of Topliss-reactive ketones (excluding diaryl/α,β-unsaturated/α-hetero) is 1. The number of carbonyl (C=O) groups is 1. The Morgan fingerprint density at radius 1 is 1.55 bits per heavy atom. The average Bonchev–Trinajstić information content (AvgIpc) is 2.89. The Morgan fingerprint density at radius 3 is 2.80 bits per heavy atom. The van der Waals surface area contributed by atoms with Gasteiger partial charge in [-0.2, -0.15) is 0 Å². The molecule has 1 aromatic rings. The summed E-state index contributed by atoms with van der Waals surface area (Å²) >= 11 is 0. The fourth-order valence-corrected chi connectivity index (χ4v) is 1.94. The molecule has 1 N–H and O–H groups in total. The second kappa shape index (κ2) is 7.97. The summed E-state index contributed by atoms with van der Waals surface area (Å²) in [6, 6.07) is 0.175. The zero-order valence-electron chi connectivity index (χ0n) is 13.0. The number of imidazole rings is 1. The molecule has 0 aliphatic rings. The third-order valence-electron chi connectivity index (χ3n) is 3.19. The van der Waals surface area contributed by atoms with Crippen LogP contribution in [0.25, 0.3) is 0 Å². The van der Waals surface area contributed by atoms with Gasteiger partial charge in [0.2, 0.25) is 5.78 Å². The number of rotatable bonds is 8. The van der Waals surface area contributed by atoms with E-state index in [1.807, 2.05) is 27.0 Å². The van der Waals surface area contributed by atoms with Gasteiger partial charge in [0.15, 0.2) is 5.82 Å². The highest BCUT2D eigenvalue weighted by Crippen LogP contribution is 2.11. The van der Waals surface area contributed by atoms with Crippen LogP contribution in [0.1, 0.15) is 38.3 Å². The predicted molar refractivity (Wildman–Crippen MR) is 79.6 cm³/mol. The van der Waals surface area contributed by atoms with Crippen LogP contribution >= 0.6 is 0 Å². The number of hydrogen-bond acceptors (Lipinski definition) is 4. The summed E-state index contributed by atoms with van der Waals surface area (Å²) < 4.78 is 7.06. The SMILES string of the molecule is CCOCn1ccnc1C(=O)/C(C)=C/[C@@H](NC)C(C)C. The molecule has 0 aliphatic carbocycles. The second-order valence-electron chi connectivity index (χ2n) is 5.08. The van der Waals surface area contributed by atoms with Crippen molar-refractivity contribution in [2.24, 2.45) is 5.92 Å². The molecule has 1 aromatic heterocycles. The van der Waals surface area contributed by atoms with Crippen LogP contribution in [0.2, 0.25) is 0 Å². The lowest BCUT2D eigenvalue weighted by atomic mass is 10.0. The maximum absolute atomic E-state index is 12.4. The molecule has 1 rings (SSSR count). The number of nitrogens with zero attached hydrogens (tertiary/aromatic N) is 2. The molecule has 0 aromatic carbocycles. The van der Waals surface area contributed by atoms with Crippen molar-refractivity contribution in [3.8, 4) is 0 Å². The monoisotopic (exact) mass is 279 g/mol. The van der Waals surface area contributed by atoms with Crippen LogP contribution in [0, 0.1) is 5.92 Å². The summed E-state index contributed by atoms with van der Waals surface area (Å²) in [5.41, 5.74) is 0.696. The number of allylic oxidation sites excluding steroid dienone is 1. The summed E-state index contributed by atoms with van der Waals surface area (Å²) in [6.07, 6.45) is 5.35. The highest BCUT2D eigenvalue weighted by atomic mass is 16.5. The maximum atomic E-state index is 12.4. The second-order valence-corrected chi connectivity index (χ2v) is 5.08. The number of aromatic nitrogens is 2. The molecular weight excluding hydrogens is 254 g/mol. The van der Waals surface area contributed by atoms with E-state index in [9.17, 15) is 4.79 Å². The Bertz CT molecular complexity index is 463. The smallest absolute Gasteiger partial charge is 0.223 e. The molecule has 20 heavy (non-hydrogen) atoms. The van der Waals surface area contributed by atoms with E-state index in [0.717, 1.165) is 0 Å². The summed E-state index contributed by atoms with van der Waals surface area (Å²) in [6.45, 7) is 8.94. The maximum Gasteiger partial charge on any atom is 0.223 e. The third kappa shape index (κ3) is 4.28. The van der Waals surface area contributed by atoms with E-state index in [2.05, 4.69) is 24.1 Å². The molecule has 0 spiro atoms. The van der Waals surface area contributed by atoms with Crippen LogP contribution in [0.5, 0.6) is 0 Å². The quantitative estimate of drug-likeness (QED) is 0.586. The number of ether oxygens (including phenoxy) is 1. The standard InChI is InChI=1S/C15H25N3O2/c1-6-20-10-18-8-7-17-15(18)14(19)12(4)9-13(16-5)11(2)3/h7-9,11,13,16H,6,10H2,1-5H3/b12-9+/t13-/m1/s1. The van der Waals surface area contributed by atoms with Gasteiger partial charge >= 0.3 is 0 Å². The van der Waals surface area contributed by atoms with E-state index in [0.29, 0.717) is 30.7 Å². The molecule has 0 bridgehead atoms. The van der Waals surface area contributed by atoms with Crippen molar-refractivity contribution in [2.45, 2.75) is 40.5 Å². The van der Waals surface area contributed by atoms with Gasteiger partial charge in [0.1, 0.15) is 6.73 Å². The van der Waals surface area contributed by atoms with Crippen molar-refractivity contribution in [1.82, 2.24) is 14.9 Å². The van der Waals surface area contributed by atoms with Crippen LogP contribution in [0.15, 0.2) is 24.0 Å². The number of hydrogen-bond donors (Lipinski definition) is 1. The van der Waals surface area contributed by atoms with Crippen molar-refractivity contribution in [2.75, 3.05) is 13.7 Å². The minimum absolute atomic E-state index is 0.0596. The Morgan fingerprint density at radius 2 is 2.25 bits per heavy atom. The fourth-order valence-electron chi connectivity index (χ4n) is 1.94. The van der Waals surface area contributed by atoms with Crippen molar-refractivity contribution in [3.05, 3.63) is 29.9 Å². The van der Waals surface area contributed by atoms with Gasteiger partial charge in [0.05, 0.1) is 0 Å². The number of carbonyl (C=O) groups excluding carboxylic acids is 1. The van der Waals surface area contributed by atoms with Gasteiger partial charge in [-0.3, -0.25) is 4.79 Å². The average molecular weight is 279 g/mol. The molecule has 0 saturated heterocycles. The highest BCUT2D eigenvalue weighted by Gasteiger charge is 2.17. The van der Waals surface area contributed by atoms with Crippen LogP contribution in [-0.4, -0.2) is 35.0 Å². The Labute approximate surface area is 121 Å². The first kappa shape index (κ1) is 16.6. The first-order valence-corrected chi connectivity index (χ1v) is 7.00. The topological polar surface area (TPSA) is 56.2 Å². The molecular formula is C15H25N3O2. The summed E-state index contributed by atoms with van der Waals surface area (Å²) in [5.74, 6) is 0.785. The summed E-state index contributed by atoms with van der Waals surface area (Å²) in [4.78, 5) is 16.6. The molecule has 0 saturated carbocycles. The van der Waals surface area contributed by atoms with Gasteiger partial charge in [0, 0.05) is 25.0 Å². The number of nitrogens with one attached hydrogen (secondary N) is 1. The summed E-state index contributed by atoms with van der Waals surface area (Å²) in [7, 11) is 1.90. The van der Waals surface area contributed by atoms with Crippen molar-refractivity contribution in [3.63, 3.8) is 0 Å². The van der Waals surface area contributed by atoms with Crippen LogP contribution in [0.4, 0.5) is 0 Å². The first-order chi connectivity index (χ1) is 9.51. The predicted octanol–water partition coefficient (Wildman–Crippen LogP) is 2.25. The lowest BCUT2D eigenvalue weighted by Crippen LogP contribution is -2.29. The lowest BCUT2D eigenvalue weighted by Gasteiger charge is -2.17. The molecule has 5 nitrogen and oxygen atoms in total. The molecule has 0 amide bonds. The molecule has 112 valence electrons. The molecule has 1 atom stereocenters. The van der Waals surface area contributed by atoms with Crippen molar-refractivity contribution >= 4 is 5.78 Å². The van der Waals surface area contributed by atoms with E-state index >= 15 is 0 Å². The third-order valence-corrected chi connectivity index (χ3v) is 3.19. The van der Waals surface area contributed by atoms with Gasteiger partial charge in [0.25, 0.3) is 0 Å². The lowest BCUT2D eigenvalue weighted by molar-refractivity contribution is 0.0815. The molecule has 0 fully saturated rings. The fraction of sp³-hybridized carbons (Fsp3) is 0.600. The van der Waals surface area contributed by atoms with Crippen LogP contribution in [-0.2, 0) is 11.5 Å². The first-order valence-electron chi connectivity index (χ1n) is 7.00. The zero-order chi connectivity index (χ0) is 15.1. The van der Waals surface area contributed by atoms with Gasteiger partial charge in [-0.25, -0.2) is 4.98 Å². The van der Waals surface area contributed by atoms with E-state index in [1.54, 1.807) is 17.0 Å². The Hall–Kier alpha value is -1.46. The Kier molecular flexibility index (Phi) is 6.61. The molecule has 0 radical (unpaired) electrons. The largest absolute Gasteiger partial charge is 0.361 e. The van der Waals surface area contributed by atoms with E-state index in [4.69, 9.17) is 4.74 Å². The van der Waals surface area contributed by atoms with E-state index < -0.39 is 0 Å². The molecule has 5 heteroatoms. The highest BCUT2D eigenvalue weighted by molar-refractivity contribution is 6.05. The van der Waals surface area contributed by atoms with Gasteiger partial charge in [-0.1, -0.05) is 19.9 Å². The van der Waals surface area contributed by atoms with Crippen molar-refractivity contribution in [1.29, 1.82) is 0 Å². The normalized spacial score (nSPS) is 13.8. The van der Waals surface area contributed by atoms with Gasteiger partial charge in [-0.05, 0) is 32.4 Å². The number of likely N-dealkylation sites (N-methyl/N-ethyl adjacent to an activating group) is 1.